The van der Waals surface area contributed by atoms with E-state index in [1.807, 2.05) is 0 Å². The van der Waals surface area contributed by atoms with Crippen LogP contribution in [0.25, 0.3) is 0 Å². The maximum Gasteiger partial charge on any atom is 0.217 e. The second kappa shape index (κ2) is 3.98. The zero-order valence-corrected chi connectivity index (χ0v) is 7.54. The summed E-state index contributed by atoms with van der Waals surface area (Å²) in [4.78, 5) is 14.4. The molecule has 1 unspecified atom stereocenters. The Bertz CT molecular complexity index is 314. The van der Waals surface area contributed by atoms with Crippen molar-refractivity contribution in [1.29, 1.82) is 0 Å². The Kier molecular flexibility index (Phi) is 2.95. The van der Waals surface area contributed by atoms with Gasteiger partial charge >= 0.3 is 0 Å². The van der Waals surface area contributed by atoms with Crippen molar-refractivity contribution in [2.75, 3.05) is 0 Å². The van der Waals surface area contributed by atoms with Crippen LogP contribution in [0.5, 0.6) is 0 Å². The lowest BCUT2D eigenvalue weighted by Gasteiger charge is -2.11. The van der Waals surface area contributed by atoms with E-state index in [0.717, 1.165) is 6.20 Å². The minimum atomic E-state index is -0.394. The van der Waals surface area contributed by atoms with Crippen LogP contribution in [0.1, 0.15) is 25.5 Å². The number of amides is 1. The topological polar surface area (TPSA) is 42.0 Å². The molecule has 0 fully saturated rings. The average Bonchev–Trinajstić information content (AvgIpc) is 2.03. The molecule has 1 aromatic rings. The third kappa shape index (κ3) is 2.82. The summed E-state index contributed by atoms with van der Waals surface area (Å²) in [6.45, 7) is 3.20. The zero-order chi connectivity index (χ0) is 9.84. The fraction of sp³-hybridized carbons (Fsp3) is 0.333. The van der Waals surface area contributed by atoms with Gasteiger partial charge in [-0.1, -0.05) is 0 Å². The summed E-state index contributed by atoms with van der Waals surface area (Å²) in [6, 6.07) is 1.15. The number of pyridine rings is 1. The fourth-order valence-corrected chi connectivity index (χ4v) is 1.05. The predicted molar refractivity (Wildman–Crippen MR) is 46.4 cm³/mol. The van der Waals surface area contributed by atoms with Crippen LogP contribution in [0, 0.1) is 5.82 Å². The molecule has 0 radical (unpaired) electrons. The van der Waals surface area contributed by atoms with E-state index < -0.39 is 5.82 Å². The van der Waals surface area contributed by atoms with E-state index in [2.05, 4.69) is 10.3 Å². The molecular formula is C9H11FN2O. The maximum absolute atomic E-state index is 12.7. The van der Waals surface area contributed by atoms with Crippen molar-refractivity contribution in [1.82, 2.24) is 10.3 Å². The van der Waals surface area contributed by atoms with E-state index in [1.165, 1.54) is 19.2 Å². The van der Waals surface area contributed by atoms with Gasteiger partial charge in [0.15, 0.2) is 0 Å². The predicted octanol–water partition coefficient (Wildman–Crippen LogP) is 1.42. The van der Waals surface area contributed by atoms with E-state index in [0.29, 0.717) is 5.56 Å². The Labute approximate surface area is 76.0 Å². The molecule has 3 nitrogen and oxygen atoms in total. The van der Waals surface area contributed by atoms with Crippen LogP contribution in [0.4, 0.5) is 4.39 Å². The second-order valence-corrected chi connectivity index (χ2v) is 2.86. The van der Waals surface area contributed by atoms with Gasteiger partial charge in [0.1, 0.15) is 5.82 Å². The van der Waals surface area contributed by atoms with E-state index in [9.17, 15) is 9.18 Å². The smallest absolute Gasteiger partial charge is 0.217 e. The van der Waals surface area contributed by atoms with E-state index in [4.69, 9.17) is 0 Å². The quantitative estimate of drug-likeness (QED) is 0.751. The number of rotatable bonds is 2. The van der Waals surface area contributed by atoms with E-state index >= 15 is 0 Å². The lowest BCUT2D eigenvalue weighted by Crippen LogP contribution is -2.23. The molecule has 0 aliphatic heterocycles. The largest absolute Gasteiger partial charge is 0.350 e. The van der Waals surface area contributed by atoms with Gasteiger partial charge in [0.25, 0.3) is 0 Å². The highest BCUT2D eigenvalue weighted by molar-refractivity contribution is 5.73. The lowest BCUT2D eigenvalue weighted by atomic mass is 10.1. The highest BCUT2D eigenvalue weighted by atomic mass is 19.1. The summed E-state index contributed by atoms with van der Waals surface area (Å²) in [5.74, 6) is -0.536. The van der Waals surface area contributed by atoms with Crippen molar-refractivity contribution >= 4 is 5.91 Å². The van der Waals surface area contributed by atoms with Crippen LogP contribution >= 0.6 is 0 Å². The number of carbonyl (C=O) groups excluding carboxylic acids is 1. The molecule has 4 heteroatoms. The van der Waals surface area contributed by atoms with Gasteiger partial charge in [-0.05, 0) is 18.6 Å². The Morgan fingerprint density at radius 1 is 1.62 bits per heavy atom. The van der Waals surface area contributed by atoms with Crippen molar-refractivity contribution in [2.24, 2.45) is 0 Å². The van der Waals surface area contributed by atoms with E-state index in [1.54, 1.807) is 6.92 Å². The van der Waals surface area contributed by atoms with Crippen LogP contribution in [0.2, 0.25) is 0 Å². The highest BCUT2D eigenvalue weighted by Crippen LogP contribution is 2.11. The highest BCUT2D eigenvalue weighted by Gasteiger charge is 2.06. The van der Waals surface area contributed by atoms with Crippen LogP contribution < -0.4 is 5.32 Å². The normalized spacial score (nSPS) is 12.2. The molecule has 1 N–H and O–H groups in total. The lowest BCUT2D eigenvalue weighted by molar-refractivity contribution is -0.119. The summed E-state index contributed by atoms with van der Waals surface area (Å²) in [6.07, 6.45) is 2.66. The van der Waals surface area contributed by atoms with Crippen LogP contribution in [0.3, 0.4) is 0 Å². The molecule has 0 bridgehead atoms. The minimum Gasteiger partial charge on any atom is -0.350 e. The van der Waals surface area contributed by atoms with E-state index in [-0.39, 0.29) is 11.9 Å². The molecule has 0 spiro atoms. The third-order valence-electron chi connectivity index (χ3n) is 1.65. The zero-order valence-electron chi connectivity index (χ0n) is 7.54. The van der Waals surface area contributed by atoms with Crippen LogP contribution in [0.15, 0.2) is 18.5 Å². The van der Waals surface area contributed by atoms with Gasteiger partial charge in [-0.3, -0.25) is 9.78 Å². The molecule has 1 amide bonds. The van der Waals surface area contributed by atoms with Crippen molar-refractivity contribution in [3.8, 4) is 0 Å². The molecule has 1 atom stereocenters. The van der Waals surface area contributed by atoms with Gasteiger partial charge in [0.05, 0.1) is 12.2 Å². The van der Waals surface area contributed by atoms with Gasteiger partial charge in [-0.25, -0.2) is 4.39 Å². The first-order valence-corrected chi connectivity index (χ1v) is 3.97. The summed E-state index contributed by atoms with van der Waals surface area (Å²) < 4.78 is 12.7. The van der Waals surface area contributed by atoms with Crippen molar-refractivity contribution in [3.05, 3.63) is 29.8 Å². The number of carbonyl (C=O) groups is 1. The first kappa shape index (κ1) is 9.64. The van der Waals surface area contributed by atoms with Crippen molar-refractivity contribution in [2.45, 2.75) is 19.9 Å². The summed E-state index contributed by atoms with van der Waals surface area (Å²) >= 11 is 0. The molecule has 0 saturated carbocycles. The molecule has 13 heavy (non-hydrogen) atoms. The third-order valence-corrected chi connectivity index (χ3v) is 1.65. The molecule has 1 heterocycles. The first-order valence-electron chi connectivity index (χ1n) is 3.97. The number of nitrogens with one attached hydrogen (secondary N) is 1. The molecular weight excluding hydrogens is 171 g/mol. The first-order chi connectivity index (χ1) is 6.09. The van der Waals surface area contributed by atoms with Gasteiger partial charge in [-0.2, -0.15) is 0 Å². The molecule has 0 saturated heterocycles. The van der Waals surface area contributed by atoms with Gasteiger partial charge in [-0.15, -0.1) is 0 Å². The Balaban J connectivity index is 2.76. The number of hydrogen-bond donors (Lipinski definition) is 1. The SMILES string of the molecule is CC(=O)NC(C)c1cncc(F)c1. The molecule has 0 aliphatic rings. The number of halogens is 1. The van der Waals surface area contributed by atoms with Crippen molar-refractivity contribution in [3.63, 3.8) is 0 Å². The molecule has 70 valence electrons. The van der Waals surface area contributed by atoms with Crippen LogP contribution in [-0.4, -0.2) is 10.9 Å². The number of hydrogen-bond acceptors (Lipinski definition) is 2. The molecule has 0 aromatic carbocycles. The van der Waals surface area contributed by atoms with Crippen molar-refractivity contribution < 1.29 is 9.18 Å². The summed E-state index contributed by atoms with van der Waals surface area (Å²) in [5, 5.41) is 2.64. The Morgan fingerprint density at radius 3 is 2.85 bits per heavy atom. The Morgan fingerprint density at radius 2 is 2.31 bits per heavy atom. The molecule has 1 rings (SSSR count). The van der Waals surface area contributed by atoms with Crippen LogP contribution in [-0.2, 0) is 4.79 Å². The van der Waals surface area contributed by atoms with Gasteiger partial charge < -0.3 is 5.32 Å². The monoisotopic (exact) mass is 182 g/mol. The molecule has 1 aromatic heterocycles. The fourth-order valence-electron chi connectivity index (χ4n) is 1.05. The Hall–Kier alpha value is -1.45. The number of nitrogens with zero attached hydrogens (tertiary/aromatic N) is 1. The van der Waals surface area contributed by atoms with Gasteiger partial charge in [0.2, 0.25) is 5.91 Å². The average molecular weight is 182 g/mol. The number of aromatic nitrogens is 1. The minimum absolute atomic E-state index is 0.142. The standard InChI is InChI=1S/C9H11FN2O/c1-6(12-7(2)13)8-3-9(10)5-11-4-8/h3-6H,1-2H3,(H,12,13). The summed E-state index contributed by atoms with van der Waals surface area (Å²) in [5.41, 5.74) is 0.662. The molecule has 0 aliphatic carbocycles. The second-order valence-electron chi connectivity index (χ2n) is 2.86. The maximum atomic E-state index is 12.7. The van der Waals surface area contributed by atoms with Gasteiger partial charge in [0, 0.05) is 13.1 Å². The summed E-state index contributed by atoms with van der Waals surface area (Å²) in [7, 11) is 0.